The van der Waals surface area contributed by atoms with Crippen LogP contribution in [0.1, 0.15) is 49.0 Å². The van der Waals surface area contributed by atoms with Crippen molar-refractivity contribution >= 4 is 38.8 Å². The van der Waals surface area contributed by atoms with Crippen molar-refractivity contribution in [2.24, 2.45) is 0 Å². The number of nitrogen functional groups attached to an aromatic ring is 1. The lowest BCUT2D eigenvalue weighted by molar-refractivity contribution is 0.343. The van der Waals surface area contributed by atoms with Crippen molar-refractivity contribution in [3.05, 3.63) is 35.2 Å². The number of benzene rings is 1. The Kier molecular flexibility index (Phi) is 5.58. The van der Waals surface area contributed by atoms with Gasteiger partial charge in [0, 0.05) is 18.0 Å². The minimum Gasteiger partial charge on any atom is -0.382 e. The molecule has 0 bridgehead atoms. The number of anilines is 1. The van der Waals surface area contributed by atoms with E-state index in [-0.39, 0.29) is 17.6 Å². The Morgan fingerprint density at radius 2 is 2.09 bits per heavy atom. The summed E-state index contributed by atoms with van der Waals surface area (Å²) in [4.78, 5) is 14.0. The molecule has 1 unspecified atom stereocenters. The highest BCUT2D eigenvalue weighted by molar-refractivity contribution is 7.99. The third kappa shape index (κ3) is 3.97. The molecule has 2 aromatic heterocycles. The molecule has 3 aromatic rings. The molecular formula is C21H25FN6O2S2. The molecule has 0 radical (unpaired) electrons. The molecule has 0 amide bonds. The summed E-state index contributed by atoms with van der Waals surface area (Å²) in [5.41, 5.74) is 10.0. The number of rotatable bonds is 8. The fourth-order valence-corrected chi connectivity index (χ4v) is 6.63. The molecule has 1 saturated carbocycles. The molecule has 0 spiro atoms. The zero-order valence-corrected chi connectivity index (χ0v) is 19.3. The van der Waals surface area contributed by atoms with Crippen molar-refractivity contribution in [3.8, 4) is 0 Å². The Morgan fingerprint density at radius 1 is 1.28 bits per heavy atom. The van der Waals surface area contributed by atoms with Crippen LogP contribution in [-0.4, -0.2) is 39.7 Å². The van der Waals surface area contributed by atoms with Gasteiger partial charge in [0.2, 0.25) is 10.0 Å². The normalized spacial score (nSPS) is 18.4. The first-order valence-corrected chi connectivity index (χ1v) is 13.2. The lowest BCUT2D eigenvalue weighted by Gasteiger charge is -2.13. The summed E-state index contributed by atoms with van der Waals surface area (Å²) in [6.07, 6.45) is 3.96. The van der Waals surface area contributed by atoms with Gasteiger partial charge in [0.25, 0.3) is 0 Å². The Bertz CT molecular complexity index is 1290. The van der Waals surface area contributed by atoms with Gasteiger partial charge in [-0.15, -0.1) is 0 Å². The van der Waals surface area contributed by atoms with E-state index < -0.39 is 16.2 Å². The van der Waals surface area contributed by atoms with E-state index in [1.165, 1.54) is 18.1 Å². The second-order valence-electron chi connectivity index (χ2n) is 8.24. The quantitative estimate of drug-likeness (QED) is 0.513. The van der Waals surface area contributed by atoms with E-state index in [2.05, 4.69) is 32.7 Å². The minimum absolute atomic E-state index is 0.221. The smallest absolute Gasteiger partial charge is 0.214 e. The van der Waals surface area contributed by atoms with Crippen molar-refractivity contribution < 1.29 is 12.8 Å². The number of nitrogens with one attached hydrogen (secondary N) is 1. The Hall–Kier alpha value is -2.24. The molecule has 3 N–H and O–H groups in total. The molecule has 11 heteroatoms. The van der Waals surface area contributed by atoms with Crippen LogP contribution in [0.15, 0.2) is 28.5 Å². The number of sulfonamides is 1. The first-order valence-electron chi connectivity index (χ1n) is 10.8. The highest BCUT2D eigenvalue weighted by atomic mass is 32.2. The van der Waals surface area contributed by atoms with Crippen LogP contribution >= 0.6 is 11.8 Å². The molecule has 0 saturated heterocycles. The number of nitrogens with two attached hydrogens (primary N) is 1. The number of imidazole rings is 1. The van der Waals surface area contributed by atoms with Crippen LogP contribution in [0.5, 0.6) is 0 Å². The molecule has 8 nitrogen and oxygen atoms in total. The Morgan fingerprint density at radius 3 is 2.84 bits per heavy atom. The van der Waals surface area contributed by atoms with Crippen LogP contribution in [-0.2, 0) is 29.4 Å². The predicted molar refractivity (Wildman–Crippen MR) is 122 cm³/mol. The standard InChI is InChI=1S/C21H25FN6O2S2/c1-2-12-9-13-3-6-16(22)15(13)10-17(12)31-21-27-18-19(23)24-11-25-20(18)28(21)8-7-26-32(29,30)14-4-5-14/h9-11,14,16,26H,2-8H2,1H3,(H2,23,24,25). The fraction of sp³-hybridized carbons (Fsp3) is 0.476. The summed E-state index contributed by atoms with van der Waals surface area (Å²) < 4.78 is 43.4. The van der Waals surface area contributed by atoms with Crippen LogP contribution in [0, 0.1) is 0 Å². The number of nitrogens with zero attached hydrogens (tertiary/aromatic N) is 4. The monoisotopic (exact) mass is 476 g/mol. The first kappa shape index (κ1) is 21.6. The zero-order chi connectivity index (χ0) is 22.5. The van der Waals surface area contributed by atoms with Gasteiger partial charge in [0.15, 0.2) is 22.1 Å². The van der Waals surface area contributed by atoms with Crippen LogP contribution in [0.4, 0.5) is 10.2 Å². The van der Waals surface area contributed by atoms with Gasteiger partial charge in [-0.3, -0.25) is 0 Å². The maximum atomic E-state index is 14.4. The van der Waals surface area contributed by atoms with Gasteiger partial charge in [0.05, 0.1) is 5.25 Å². The summed E-state index contributed by atoms with van der Waals surface area (Å²) in [6.45, 7) is 2.64. The van der Waals surface area contributed by atoms with E-state index in [4.69, 9.17) is 5.73 Å². The summed E-state index contributed by atoms with van der Waals surface area (Å²) in [6, 6.07) is 4.03. The van der Waals surface area contributed by atoms with Gasteiger partial charge >= 0.3 is 0 Å². The van der Waals surface area contributed by atoms with Crippen molar-refractivity contribution in [1.82, 2.24) is 24.2 Å². The zero-order valence-electron chi connectivity index (χ0n) is 17.7. The molecule has 1 fully saturated rings. The Labute approximate surface area is 190 Å². The third-order valence-corrected chi connectivity index (χ3v) is 9.09. The maximum absolute atomic E-state index is 14.4. The second-order valence-corrected chi connectivity index (χ2v) is 11.3. The van der Waals surface area contributed by atoms with Gasteiger partial charge in [-0.25, -0.2) is 32.5 Å². The summed E-state index contributed by atoms with van der Waals surface area (Å²) in [5.74, 6) is 0.266. The number of alkyl halides is 1. The molecular weight excluding hydrogens is 451 g/mol. The van der Waals surface area contributed by atoms with Gasteiger partial charge in [-0.2, -0.15) is 0 Å². The van der Waals surface area contributed by atoms with Gasteiger partial charge in [0.1, 0.15) is 12.5 Å². The van der Waals surface area contributed by atoms with Crippen molar-refractivity contribution in [1.29, 1.82) is 0 Å². The molecule has 2 aliphatic carbocycles. The molecule has 2 heterocycles. The molecule has 1 atom stereocenters. The number of halogens is 1. The molecule has 32 heavy (non-hydrogen) atoms. The number of hydrogen-bond acceptors (Lipinski definition) is 7. The van der Waals surface area contributed by atoms with Crippen LogP contribution < -0.4 is 10.5 Å². The molecule has 0 aliphatic heterocycles. The number of fused-ring (bicyclic) bond motifs is 2. The van der Waals surface area contributed by atoms with E-state index in [1.807, 2.05) is 10.6 Å². The molecule has 2 aliphatic rings. The number of aryl methyl sites for hydroxylation is 2. The van der Waals surface area contributed by atoms with Crippen molar-refractivity contribution in [2.45, 2.75) is 67.0 Å². The lowest BCUT2D eigenvalue weighted by atomic mass is 10.0. The van der Waals surface area contributed by atoms with Crippen LogP contribution in [0.25, 0.3) is 11.2 Å². The van der Waals surface area contributed by atoms with E-state index in [9.17, 15) is 12.8 Å². The number of aromatic nitrogens is 4. The topological polar surface area (TPSA) is 116 Å². The summed E-state index contributed by atoms with van der Waals surface area (Å²) in [5, 5.41) is 0.349. The van der Waals surface area contributed by atoms with E-state index in [0.717, 1.165) is 34.4 Å². The van der Waals surface area contributed by atoms with Gasteiger partial charge in [-0.1, -0.05) is 24.8 Å². The van der Waals surface area contributed by atoms with Crippen LogP contribution in [0.3, 0.4) is 0 Å². The van der Waals surface area contributed by atoms with Crippen molar-refractivity contribution in [2.75, 3.05) is 12.3 Å². The Balaban J connectivity index is 1.49. The molecule has 1 aromatic carbocycles. The highest BCUT2D eigenvalue weighted by Crippen LogP contribution is 2.41. The van der Waals surface area contributed by atoms with E-state index in [0.29, 0.717) is 42.1 Å². The first-order chi connectivity index (χ1) is 15.4. The highest BCUT2D eigenvalue weighted by Gasteiger charge is 2.35. The van der Waals surface area contributed by atoms with E-state index in [1.54, 1.807) is 0 Å². The largest absolute Gasteiger partial charge is 0.382 e. The average molecular weight is 477 g/mol. The number of hydrogen-bond donors (Lipinski definition) is 2. The predicted octanol–water partition coefficient (Wildman–Crippen LogP) is 3.16. The average Bonchev–Trinajstić information content (AvgIpc) is 3.50. The molecule has 5 rings (SSSR count). The van der Waals surface area contributed by atoms with Crippen molar-refractivity contribution in [3.63, 3.8) is 0 Å². The molecule has 170 valence electrons. The minimum atomic E-state index is -3.29. The fourth-order valence-electron chi connectivity index (χ4n) is 4.12. The van der Waals surface area contributed by atoms with Crippen LogP contribution in [0.2, 0.25) is 0 Å². The SMILES string of the molecule is CCc1cc2c(cc1Sc1nc3c(N)ncnc3n1CCNS(=O)(=O)C1CC1)C(F)CC2. The van der Waals surface area contributed by atoms with E-state index >= 15 is 0 Å². The van der Waals surface area contributed by atoms with Gasteiger partial charge < -0.3 is 10.3 Å². The third-order valence-electron chi connectivity index (χ3n) is 6.04. The maximum Gasteiger partial charge on any atom is 0.214 e. The second kappa shape index (κ2) is 8.27. The lowest BCUT2D eigenvalue weighted by Crippen LogP contribution is -2.30. The summed E-state index contributed by atoms with van der Waals surface area (Å²) in [7, 11) is -3.29. The van der Waals surface area contributed by atoms with Gasteiger partial charge in [-0.05, 0) is 54.9 Å². The summed E-state index contributed by atoms with van der Waals surface area (Å²) >= 11 is 1.43.